The van der Waals surface area contributed by atoms with Crippen molar-refractivity contribution >= 4 is 40.6 Å². The smallest absolute Gasteiger partial charge is 0.336 e. The lowest BCUT2D eigenvalue weighted by atomic mass is 9.90. The third-order valence-electron chi connectivity index (χ3n) is 5.48. The van der Waals surface area contributed by atoms with Gasteiger partial charge in [0.1, 0.15) is 0 Å². The van der Waals surface area contributed by atoms with Crippen LogP contribution in [0.5, 0.6) is 0 Å². The van der Waals surface area contributed by atoms with Gasteiger partial charge in [0.2, 0.25) is 0 Å². The maximum atomic E-state index is 13.1. The molecule has 0 saturated carbocycles. The predicted octanol–water partition coefficient (Wildman–Crippen LogP) is 3.58. The van der Waals surface area contributed by atoms with E-state index in [1.54, 1.807) is 37.4 Å². The highest BCUT2D eigenvalue weighted by atomic mass is 16.4. The van der Waals surface area contributed by atoms with Crippen molar-refractivity contribution in [2.75, 3.05) is 23.8 Å². The summed E-state index contributed by atoms with van der Waals surface area (Å²) in [6, 6.07) is 12.3. The zero-order chi connectivity index (χ0) is 25.2. The number of hydrogen-bond acceptors (Lipinski definition) is 7. The minimum absolute atomic E-state index is 0.275. The predicted molar refractivity (Wildman–Crippen MR) is 129 cm³/mol. The summed E-state index contributed by atoms with van der Waals surface area (Å²) in [5, 5.41) is 22.0. The average molecular weight is 461 g/mol. The first-order valence-corrected chi connectivity index (χ1v) is 10.2. The van der Waals surface area contributed by atoms with E-state index in [0.29, 0.717) is 22.5 Å². The topological polar surface area (TPSA) is 173 Å². The van der Waals surface area contributed by atoms with Crippen molar-refractivity contribution in [2.45, 2.75) is 13.3 Å². The fourth-order valence-electron chi connectivity index (χ4n) is 3.72. The molecule has 0 radical (unpaired) electrons. The van der Waals surface area contributed by atoms with Crippen molar-refractivity contribution in [1.29, 1.82) is 0 Å². The van der Waals surface area contributed by atoms with Crippen LogP contribution in [0.15, 0.2) is 48.5 Å². The van der Waals surface area contributed by atoms with Gasteiger partial charge in [-0.2, -0.15) is 0 Å². The molecular weight excluding hydrogens is 438 g/mol. The molecule has 0 spiro atoms. The highest BCUT2D eigenvalue weighted by molar-refractivity contribution is 6.12. The number of Topliss-reactive ketones (excluding diaryl/α,β-unsaturated/α-hetero) is 2. The summed E-state index contributed by atoms with van der Waals surface area (Å²) in [6.07, 6.45) is -0.275. The van der Waals surface area contributed by atoms with Crippen molar-refractivity contribution in [1.82, 2.24) is 0 Å². The summed E-state index contributed by atoms with van der Waals surface area (Å²) < 4.78 is 0. The Kier molecular flexibility index (Phi) is 6.67. The Labute approximate surface area is 195 Å². The lowest BCUT2D eigenvalue weighted by molar-refractivity contribution is 0.0676. The second-order valence-electron chi connectivity index (χ2n) is 7.64. The molecule has 3 aromatic carbocycles. The number of rotatable bonds is 8. The third-order valence-corrected chi connectivity index (χ3v) is 5.48. The van der Waals surface area contributed by atoms with Crippen molar-refractivity contribution in [2.24, 2.45) is 0 Å². The minimum atomic E-state index is -1.45. The van der Waals surface area contributed by atoms with E-state index in [-0.39, 0.29) is 17.5 Å². The number of aromatic carboxylic acids is 2. The van der Waals surface area contributed by atoms with E-state index in [9.17, 15) is 29.4 Å². The highest BCUT2D eigenvalue weighted by Gasteiger charge is 2.25. The van der Waals surface area contributed by atoms with Gasteiger partial charge in [-0.15, -0.1) is 0 Å². The fraction of sp³-hybridized carbons (Fsp3) is 0.120. The Morgan fingerprint density at radius 1 is 0.853 bits per heavy atom. The van der Waals surface area contributed by atoms with Gasteiger partial charge in [0.05, 0.1) is 22.5 Å². The number of carbonyl (C=O) groups excluding carboxylic acids is 2. The molecule has 0 bridgehead atoms. The zero-order valence-electron chi connectivity index (χ0n) is 18.5. The summed E-state index contributed by atoms with van der Waals surface area (Å²) in [5.74, 6) is -4.17. The lowest BCUT2D eigenvalue weighted by Gasteiger charge is -2.14. The van der Waals surface area contributed by atoms with Gasteiger partial charge >= 0.3 is 11.9 Å². The summed E-state index contributed by atoms with van der Waals surface area (Å²) in [7, 11) is 1.75. The van der Waals surface area contributed by atoms with Gasteiger partial charge < -0.3 is 27.0 Å². The van der Waals surface area contributed by atoms with E-state index in [2.05, 4.69) is 5.32 Å². The highest BCUT2D eigenvalue weighted by Crippen LogP contribution is 2.33. The maximum Gasteiger partial charge on any atom is 0.336 e. The third kappa shape index (κ3) is 4.58. The standard InChI is InChI=1S/C25H23N3O6/c1-12(29)16-10-19(25(33)34)17(11-18(16)24(31)32)22(30)9-14-4-3-5-15(23(14)27)13-6-7-21(28-2)20(26)8-13/h3-8,10-11,28H,9,26-27H2,1-2H3,(H,31,32)(H,33,34). The molecule has 0 aliphatic rings. The van der Waals surface area contributed by atoms with Gasteiger partial charge in [-0.1, -0.05) is 24.3 Å². The van der Waals surface area contributed by atoms with Gasteiger partial charge in [0.15, 0.2) is 11.6 Å². The molecule has 174 valence electrons. The molecule has 0 aliphatic heterocycles. The number of ketones is 2. The van der Waals surface area contributed by atoms with Crippen molar-refractivity contribution in [3.63, 3.8) is 0 Å². The van der Waals surface area contributed by atoms with Gasteiger partial charge in [-0.05, 0) is 42.3 Å². The number of benzene rings is 3. The minimum Gasteiger partial charge on any atom is -0.478 e. The van der Waals surface area contributed by atoms with Gasteiger partial charge in [-0.3, -0.25) is 9.59 Å². The van der Waals surface area contributed by atoms with Gasteiger partial charge in [0, 0.05) is 35.8 Å². The molecule has 0 heterocycles. The van der Waals surface area contributed by atoms with Crippen LogP contribution in [0.2, 0.25) is 0 Å². The number of nitrogens with two attached hydrogens (primary N) is 2. The molecule has 0 saturated heterocycles. The number of anilines is 3. The van der Waals surface area contributed by atoms with Crippen LogP contribution in [-0.4, -0.2) is 40.8 Å². The molecular formula is C25H23N3O6. The quantitative estimate of drug-likeness (QED) is 0.248. The Hall–Kier alpha value is -4.66. The second-order valence-corrected chi connectivity index (χ2v) is 7.64. The van der Waals surface area contributed by atoms with Crippen LogP contribution < -0.4 is 16.8 Å². The van der Waals surface area contributed by atoms with Crippen LogP contribution in [0, 0.1) is 0 Å². The molecule has 3 rings (SSSR count). The molecule has 9 heteroatoms. The van der Waals surface area contributed by atoms with E-state index in [1.807, 2.05) is 6.07 Å². The van der Waals surface area contributed by atoms with Gasteiger partial charge in [-0.25, -0.2) is 9.59 Å². The van der Waals surface area contributed by atoms with E-state index >= 15 is 0 Å². The van der Waals surface area contributed by atoms with Crippen molar-refractivity contribution in [3.8, 4) is 11.1 Å². The average Bonchev–Trinajstić information content (AvgIpc) is 2.79. The molecule has 0 atom stereocenters. The summed E-state index contributed by atoms with van der Waals surface area (Å²) in [4.78, 5) is 48.3. The molecule has 34 heavy (non-hydrogen) atoms. The molecule has 0 aromatic heterocycles. The van der Waals surface area contributed by atoms with Crippen LogP contribution in [0.25, 0.3) is 11.1 Å². The maximum absolute atomic E-state index is 13.1. The first-order chi connectivity index (χ1) is 16.0. The molecule has 7 N–H and O–H groups in total. The number of hydrogen-bond donors (Lipinski definition) is 5. The number of carboxylic acids is 2. The molecule has 0 fully saturated rings. The summed E-state index contributed by atoms with van der Waals surface area (Å²) in [6.45, 7) is 1.12. The SMILES string of the molecule is CNc1ccc(-c2cccc(CC(=O)c3cc(C(=O)O)c(C(C)=O)cc3C(=O)O)c2N)cc1N. The van der Waals surface area contributed by atoms with E-state index < -0.39 is 34.6 Å². The molecule has 0 unspecified atom stereocenters. The lowest BCUT2D eigenvalue weighted by Crippen LogP contribution is -2.16. The molecule has 9 nitrogen and oxygen atoms in total. The summed E-state index contributed by atoms with van der Waals surface area (Å²) >= 11 is 0. The van der Waals surface area contributed by atoms with E-state index in [4.69, 9.17) is 11.5 Å². The largest absolute Gasteiger partial charge is 0.478 e. The van der Waals surface area contributed by atoms with E-state index in [1.165, 1.54) is 0 Å². The van der Waals surface area contributed by atoms with Crippen LogP contribution in [0.3, 0.4) is 0 Å². The van der Waals surface area contributed by atoms with Crippen molar-refractivity contribution < 1.29 is 29.4 Å². The molecule has 3 aromatic rings. The molecule has 0 amide bonds. The zero-order valence-corrected chi connectivity index (χ0v) is 18.5. The molecule has 0 aliphatic carbocycles. The second kappa shape index (κ2) is 9.45. The summed E-state index contributed by atoms with van der Waals surface area (Å²) in [5.41, 5.74) is 14.3. The number of carboxylic acid groups (broad SMARTS) is 2. The first-order valence-electron chi connectivity index (χ1n) is 10.2. The Morgan fingerprint density at radius 3 is 2.03 bits per heavy atom. The van der Waals surface area contributed by atoms with Crippen LogP contribution in [0.1, 0.15) is 53.9 Å². The van der Waals surface area contributed by atoms with Crippen molar-refractivity contribution in [3.05, 3.63) is 76.3 Å². The van der Waals surface area contributed by atoms with Crippen LogP contribution in [-0.2, 0) is 6.42 Å². The normalized spacial score (nSPS) is 10.5. The Morgan fingerprint density at radius 2 is 1.47 bits per heavy atom. The van der Waals surface area contributed by atoms with Gasteiger partial charge in [0.25, 0.3) is 0 Å². The number of carbonyl (C=O) groups is 4. The fourth-order valence-corrected chi connectivity index (χ4v) is 3.72. The number of para-hydroxylation sites is 1. The number of nitrogens with one attached hydrogen (secondary N) is 1. The first kappa shape index (κ1) is 24.0. The Bertz CT molecular complexity index is 1350. The van der Waals surface area contributed by atoms with Crippen LogP contribution >= 0.6 is 0 Å². The van der Waals surface area contributed by atoms with Crippen LogP contribution in [0.4, 0.5) is 17.1 Å². The van der Waals surface area contributed by atoms with E-state index in [0.717, 1.165) is 30.3 Å². The Balaban J connectivity index is 2.05. The monoisotopic (exact) mass is 461 g/mol. The number of nitrogen functional groups attached to an aromatic ring is 2.